The summed E-state index contributed by atoms with van der Waals surface area (Å²) < 4.78 is 0. The van der Waals surface area contributed by atoms with E-state index in [0.717, 1.165) is 5.75 Å². The number of thioether (sulfide) groups is 1. The number of rotatable bonds is 0. The van der Waals surface area contributed by atoms with E-state index in [1.807, 2.05) is 12.3 Å². The number of fused-ring (bicyclic) bond motifs is 1. The van der Waals surface area contributed by atoms with E-state index in [4.69, 9.17) is 0 Å². The molecule has 3 heteroatoms. The first kappa shape index (κ1) is 5.92. The minimum atomic E-state index is 1.07. The lowest BCUT2D eigenvalue weighted by molar-refractivity contribution is 1.23. The summed E-state index contributed by atoms with van der Waals surface area (Å²) in [6.07, 6.45) is 7.70. The third kappa shape index (κ3) is 0.926. The van der Waals surface area contributed by atoms with E-state index in [9.17, 15) is 0 Å². The van der Waals surface area contributed by atoms with E-state index >= 15 is 0 Å². The molecule has 0 amide bonds. The number of allylic oxidation sites excluding steroid dienone is 2. The second-order valence-corrected chi connectivity index (χ2v) is 3.07. The largest absolute Gasteiger partial charge is 0.159 e. The molecule has 0 aromatic carbocycles. The summed E-state index contributed by atoms with van der Waals surface area (Å²) >= 11 is 1.80. The highest BCUT2D eigenvalue weighted by Crippen LogP contribution is 2.32. The standard InChI is InChI=1S/C7H6N2S/c1-3-8-9-5-7-6(1)2-4-10-7/h1-3,5H,4H2. The third-order valence-corrected chi connectivity index (χ3v) is 2.37. The fraction of sp³-hybridized carbons (Fsp3) is 0.143. The van der Waals surface area contributed by atoms with Crippen molar-refractivity contribution < 1.29 is 0 Å². The molecular weight excluding hydrogens is 144 g/mol. The number of nitrogens with zero attached hydrogens (tertiary/aromatic N) is 2. The molecule has 2 heterocycles. The minimum absolute atomic E-state index is 1.07. The van der Waals surface area contributed by atoms with Gasteiger partial charge in [0.2, 0.25) is 0 Å². The van der Waals surface area contributed by atoms with E-state index in [0.29, 0.717) is 0 Å². The van der Waals surface area contributed by atoms with Crippen molar-refractivity contribution in [1.82, 2.24) is 0 Å². The van der Waals surface area contributed by atoms with Crippen LogP contribution in [0.25, 0.3) is 0 Å². The fourth-order valence-corrected chi connectivity index (χ4v) is 1.79. The van der Waals surface area contributed by atoms with Gasteiger partial charge in [-0.15, -0.1) is 11.8 Å². The molecule has 0 saturated carbocycles. The van der Waals surface area contributed by atoms with Crippen LogP contribution in [0.4, 0.5) is 0 Å². The molecule has 2 rings (SSSR count). The van der Waals surface area contributed by atoms with E-state index in [-0.39, 0.29) is 0 Å². The quantitative estimate of drug-likeness (QED) is 0.520. The summed E-state index contributed by atoms with van der Waals surface area (Å²) in [4.78, 5) is 1.23. The van der Waals surface area contributed by atoms with Crippen LogP contribution >= 0.6 is 11.8 Å². The first-order valence-corrected chi connectivity index (χ1v) is 4.05. The van der Waals surface area contributed by atoms with Crippen molar-refractivity contribution in [2.24, 2.45) is 10.2 Å². The van der Waals surface area contributed by atoms with Gasteiger partial charge in [-0.2, -0.15) is 10.2 Å². The van der Waals surface area contributed by atoms with Gasteiger partial charge in [-0.3, -0.25) is 0 Å². The predicted molar refractivity (Wildman–Crippen MR) is 42.6 cm³/mol. The molecule has 0 aliphatic carbocycles. The lowest BCUT2D eigenvalue weighted by Gasteiger charge is -1.91. The third-order valence-electron chi connectivity index (χ3n) is 1.39. The van der Waals surface area contributed by atoms with Gasteiger partial charge in [0, 0.05) is 10.7 Å². The van der Waals surface area contributed by atoms with Gasteiger partial charge in [-0.05, 0) is 11.6 Å². The Kier molecular flexibility index (Phi) is 1.43. The van der Waals surface area contributed by atoms with E-state index < -0.39 is 0 Å². The zero-order valence-corrected chi connectivity index (χ0v) is 6.14. The molecule has 0 aromatic rings. The van der Waals surface area contributed by atoms with Crippen molar-refractivity contribution in [1.29, 1.82) is 0 Å². The molecule has 0 saturated heterocycles. The summed E-state index contributed by atoms with van der Waals surface area (Å²) in [6.45, 7) is 0. The van der Waals surface area contributed by atoms with Gasteiger partial charge in [0.1, 0.15) is 0 Å². The molecule has 0 N–H and O–H groups in total. The second kappa shape index (κ2) is 2.42. The average Bonchev–Trinajstić information content (AvgIpc) is 2.28. The van der Waals surface area contributed by atoms with Crippen LogP contribution in [-0.2, 0) is 0 Å². The van der Waals surface area contributed by atoms with Crippen molar-refractivity contribution in [3.8, 4) is 0 Å². The predicted octanol–water partition coefficient (Wildman–Crippen LogP) is 2.48. The van der Waals surface area contributed by atoms with Gasteiger partial charge in [0.25, 0.3) is 0 Å². The van der Waals surface area contributed by atoms with Crippen LogP contribution in [0.5, 0.6) is 0 Å². The van der Waals surface area contributed by atoms with Gasteiger partial charge in [0.15, 0.2) is 0 Å². The molecule has 2 nitrogen and oxygen atoms in total. The van der Waals surface area contributed by atoms with Gasteiger partial charge in [-0.25, -0.2) is 0 Å². The molecule has 50 valence electrons. The second-order valence-electron chi connectivity index (χ2n) is 2.01. The van der Waals surface area contributed by atoms with Crippen LogP contribution < -0.4 is 0 Å². The van der Waals surface area contributed by atoms with Crippen LogP contribution in [0, 0.1) is 0 Å². The van der Waals surface area contributed by atoms with Gasteiger partial charge < -0.3 is 0 Å². The Morgan fingerprint density at radius 3 is 3.40 bits per heavy atom. The van der Waals surface area contributed by atoms with Crippen LogP contribution in [0.3, 0.4) is 0 Å². The Hall–Kier alpha value is -0.830. The Balaban J connectivity index is 2.42. The number of hydrogen-bond acceptors (Lipinski definition) is 3. The van der Waals surface area contributed by atoms with Crippen LogP contribution in [-0.4, -0.2) is 5.75 Å². The molecule has 0 radical (unpaired) electrons. The van der Waals surface area contributed by atoms with Gasteiger partial charge >= 0.3 is 0 Å². The lowest BCUT2D eigenvalue weighted by atomic mass is 10.2. The normalized spacial score (nSPS) is 21.6. The van der Waals surface area contributed by atoms with Crippen LogP contribution in [0.1, 0.15) is 0 Å². The summed E-state index contributed by atoms with van der Waals surface area (Å²) in [6, 6.07) is 0. The first-order chi connectivity index (χ1) is 4.97. The van der Waals surface area contributed by atoms with E-state index in [1.165, 1.54) is 10.5 Å². The zero-order valence-electron chi connectivity index (χ0n) is 5.32. The highest BCUT2D eigenvalue weighted by molar-refractivity contribution is 8.03. The molecule has 0 fully saturated rings. The van der Waals surface area contributed by atoms with E-state index in [2.05, 4.69) is 16.3 Å². The first-order valence-electron chi connectivity index (χ1n) is 3.07. The van der Waals surface area contributed by atoms with Gasteiger partial charge in [0.05, 0.1) is 12.4 Å². The lowest BCUT2D eigenvalue weighted by Crippen LogP contribution is -1.70. The smallest absolute Gasteiger partial charge is 0.0637 e. The molecule has 0 bridgehead atoms. The maximum atomic E-state index is 3.83. The highest BCUT2D eigenvalue weighted by Gasteiger charge is 2.09. The Morgan fingerprint density at radius 1 is 1.40 bits per heavy atom. The SMILES string of the molecule is C1=CC2=CCSC2=CN=N1. The van der Waals surface area contributed by atoms with Crippen molar-refractivity contribution in [2.45, 2.75) is 0 Å². The summed E-state index contributed by atoms with van der Waals surface area (Å²) in [7, 11) is 0. The summed E-state index contributed by atoms with van der Waals surface area (Å²) in [5, 5.41) is 7.60. The minimum Gasteiger partial charge on any atom is -0.159 e. The molecule has 2 aliphatic rings. The highest BCUT2D eigenvalue weighted by atomic mass is 32.2. The maximum absolute atomic E-state index is 3.83. The van der Waals surface area contributed by atoms with E-state index in [1.54, 1.807) is 18.0 Å². The molecule has 0 spiro atoms. The topological polar surface area (TPSA) is 24.7 Å². The van der Waals surface area contributed by atoms with Crippen LogP contribution in [0.2, 0.25) is 0 Å². The molecule has 0 unspecified atom stereocenters. The number of azo groups is 1. The average molecular weight is 150 g/mol. The Labute approximate surface area is 63.4 Å². The Bertz CT molecular complexity index is 261. The molecule has 10 heavy (non-hydrogen) atoms. The molecule has 0 aromatic heterocycles. The van der Waals surface area contributed by atoms with Crippen molar-refractivity contribution in [3.05, 3.63) is 35.0 Å². The Morgan fingerprint density at radius 2 is 2.40 bits per heavy atom. The molecular formula is C7H6N2S. The zero-order chi connectivity index (χ0) is 6.81. The van der Waals surface area contributed by atoms with Gasteiger partial charge in [-0.1, -0.05) is 6.08 Å². The fourth-order valence-electron chi connectivity index (χ4n) is 0.905. The van der Waals surface area contributed by atoms with Crippen molar-refractivity contribution >= 4 is 11.8 Å². The van der Waals surface area contributed by atoms with Crippen molar-refractivity contribution in [3.63, 3.8) is 0 Å². The molecule has 0 atom stereocenters. The summed E-state index contributed by atoms with van der Waals surface area (Å²) in [5.74, 6) is 1.07. The van der Waals surface area contributed by atoms with Crippen molar-refractivity contribution in [2.75, 3.05) is 5.75 Å². The number of hydrogen-bond donors (Lipinski definition) is 0. The summed E-state index contributed by atoms with van der Waals surface area (Å²) in [5.41, 5.74) is 1.26. The van der Waals surface area contributed by atoms with Crippen LogP contribution in [0.15, 0.2) is 45.3 Å². The maximum Gasteiger partial charge on any atom is 0.0637 e. The monoisotopic (exact) mass is 150 g/mol. The molecule has 2 aliphatic heterocycles.